The van der Waals surface area contributed by atoms with Crippen molar-refractivity contribution in [3.8, 4) is 11.5 Å². The average Bonchev–Trinajstić information content (AvgIpc) is 3.20. The molecule has 1 heterocycles. The molecular formula is C22H23N3O4S. The third-order valence-corrected chi connectivity index (χ3v) is 5.21. The zero-order chi connectivity index (χ0) is 21.5. The Morgan fingerprint density at radius 3 is 2.37 bits per heavy atom. The van der Waals surface area contributed by atoms with E-state index in [2.05, 4.69) is 15.6 Å². The van der Waals surface area contributed by atoms with Crippen molar-refractivity contribution in [2.75, 3.05) is 19.5 Å². The molecule has 8 heteroatoms. The van der Waals surface area contributed by atoms with E-state index in [0.29, 0.717) is 27.9 Å². The van der Waals surface area contributed by atoms with Crippen LogP contribution in [0.15, 0.2) is 53.9 Å². The van der Waals surface area contributed by atoms with Crippen molar-refractivity contribution in [1.29, 1.82) is 0 Å². The second-order valence-corrected chi connectivity index (χ2v) is 7.43. The molecule has 1 aromatic heterocycles. The molecule has 0 saturated carbocycles. The maximum absolute atomic E-state index is 12.5. The lowest BCUT2D eigenvalue weighted by atomic mass is 10.1. The summed E-state index contributed by atoms with van der Waals surface area (Å²) < 4.78 is 10.4. The number of aromatic nitrogens is 1. The van der Waals surface area contributed by atoms with Crippen molar-refractivity contribution < 1.29 is 19.1 Å². The number of thiazole rings is 1. The Bertz CT molecular complexity index is 998. The summed E-state index contributed by atoms with van der Waals surface area (Å²) in [7, 11) is 3.04. The Morgan fingerprint density at radius 2 is 1.73 bits per heavy atom. The summed E-state index contributed by atoms with van der Waals surface area (Å²) >= 11 is 1.26. The van der Waals surface area contributed by atoms with Gasteiger partial charge in [-0.25, -0.2) is 4.98 Å². The summed E-state index contributed by atoms with van der Waals surface area (Å²) in [5.41, 5.74) is 2.01. The number of nitrogens with one attached hydrogen (secondary N) is 2. The molecule has 7 nitrogen and oxygen atoms in total. The van der Waals surface area contributed by atoms with Gasteiger partial charge in [0.25, 0.3) is 5.91 Å². The van der Waals surface area contributed by atoms with Gasteiger partial charge in [-0.15, -0.1) is 11.3 Å². The van der Waals surface area contributed by atoms with Crippen LogP contribution in [0.25, 0.3) is 0 Å². The van der Waals surface area contributed by atoms with Crippen LogP contribution in [0.2, 0.25) is 0 Å². The number of benzene rings is 2. The van der Waals surface area contributed by atoms with Gasteiger partial charge >= 0.3 is 0 Å². The van der Waals surface area contributed by atoms with Crippen LogP contribution in [-0.2, 0) is 11.2 Å². The first kappa shape index (κ1) is 21.3. The molecule has 0 saturated heterocycles. The maximum Gasteiger partial charge on any atom is 0.257 e. The molecule has 0 aliphatic carbocycles. The molecule has 0 bridgehead atoms. The smallest absolute Gasteiger partial charge is 0.257 e. The predicted octanol–water partition coefficient (Wildman–Crippen LogP) is 3.83. The molecule has 156 valence electrons. The number of methoxy groups -OCH3 is 2. The number of hydrogen-bond acceptors (Lipinski definition) is 6. The van der Waals surface area contributed by atoms with E-state index in [1.54, 1.807) is 23.6 Å². The summed E-state index contributed by atoms with van der Waals surface area (Å²) in [6, 6.07) is 14.6. The highest BCUT2D eigenvalue weighted by molar-refractivity contribution is 7.14. The van der Waals surface area contributed by atoms with Crippen LogP contribution in [-0.4, -0.2) is 31.0 Å². The lowest BCUT2D eigenvalue weighted by molar-refractivity contribution is -0.121. The molecule has 1 atom stereocenters. The Hall–Kier alpha value is -3.39. The number of amides is 2. The topological polar surface area (TPSA) is 89.6 Å². The molecule has 0 spiro atoms. The van der Waals surface area contributed by atoms with Crippen LogP contribution in [0, 0.1) is 0 Å². The molecular weight excluding hydrogens is 402 g/mol. The van der Waals surface area contributed by atoms with Crippen molar-refractivity contribution >= 4 is 28.3 Å². The molecule has 0 radical (unpaired) electrons. The second-order valence-electron chi connectivity index (χ2n) is 6.58. The van der Waals surface area contributed by atoms with Crippen LogP contribution >= 0.6 is 11.3 Å². The van der Waals surface area contributed by atoms with E-state index in [4.69, 9.17) is 9.47 Å². The van der Waals surface area contributed by atoms with E-state index in [1.165, 1.54) is 25.6 Å². The number of nitrogens with zero attached hydrogens (tertiary/aromatic N) is 1. The number of hydrogen-bond donors (Lipinski definition) is 2. The Labute approximate surface area is 179 Å². The third-order valence-electron chi connectivity index (χ3n) is 4.40. The van der Waals surface area contributed by atoms with Gasteiger partial charge in [0.2, 0.25) is 5.91 Å². The van der Waals surface area contributed by atoms with Gasteiger partial charge in [-0.3, -0.25) is 14.9 Å². The molecule has 30 heavy (non-hydrogen) atoms. The quantitative estimate of drug-likeness (QED) is 0.572. The van der Waals surface area contributed by atoms with E-state index in [1.807, 2.05) is 37.3 Å². The first-order valence-corrected chi connectivity index (χ1v) is 10.2. The van der Waals surface area contributed by atoms with Gasteiger partial charge in [0.1, 0.15) is 11.5 Å². The normalized spacial score (nSPS) is 11.4. The first-order valence-electron chi connectivity index (χ1n) is 9.31. The van der Waals surface area contributed by atoms with Crippen molar-refractivity contribution in [3.05, 3.63) is 70.7 Å². The Kier molecular flexibility index (Phi) is 7.03. The lowest BCUT2D eigenvalue weighted by Gasteiger charge is -2.13. The summed E-state index contributed by atoms with van der Waals surface area (Å²) in [5, 5.41) is 7.88. The lowest BCUT2D eigenvalue weighted by Crippen LogP contribution is -2.28. The molecule has 0 fully saturated rings. The molecule has 0 aliphatic rings. The van der Waals surface area contributed by atoms with Gasteiger partial charge in [-0.1, -0.05) is 30.3 Å². The molecule has 2 amide bonds. The highest BCUT2D eigenvalue weighted by atomic mass is 32.1. The summed E-state index contributed by atoms with van der Waals surface area (Å²) in [6.07, 6.45) is 0.135. The minimum atomic E-state index is -0.338. The number of rotatable bonds is 8. The van der Waals surface area contributed by atoms with E-state index in [9.17, 15) is 9.59 Å². The highest BCUT2D eigenvalue weighted by Crippen LogP contribution is 2.24. The van der Waals surface area contributed by atoms with Crippen LogP contribution in [0.1, 0.15) is 34.6 Å². The van der Waals surface area contributed by atoms with Crippen LogP contribution in [0.5, 0.6) is 11.5 Å². The predicted molar refractivity (Wildman–Crippen MR) is 116 cm³/mol. The average molecular weight is 426 g/mol. The highest BCUT2D eigenvalue weighted by Gasteiger charge is 2.15. The maximum atomic E-state index is 12.5. The molecule has 2 aromatic carbocycles. The molecule has 0 aliphatic heterocycles. The van der Waals surface area contributed by atoms with Gasteiger partial charge in [0.05, 0.1) is 32.4 Å². The fourth-order valence-electron chi connectivity index (χ4n) is 2.84. The van der Waals surface area contributed by atoms with Crippen LogP contribution in [0.4, 0.5) is 5.13 Å². The van der Waals surface area contributed by atoms with Gasteiger partial charge in [-0.2, -0.15) is 0 Å². The van der Waals surface area contributed by atoms with E-state index < -0.39 is 0 Å². The fraction of sp³-hybridized carbons (Fsp3) is 0.227. The van der Waals surface area contributed by atoms with Gasteiger partial charge < -0.3 is 14.8 Å². The van der Waals surface area contributed by atoms with Crippen molar-refractivity contribution in [1.82, 2.24) is 10.3 Å². The fourth-order valence-corrected chi connectivity index (χ4v) is 3.54. The van der Waals surface area contributed by atoms with Crippen molar-refractivity contribution in [2.24, 2.45) is 0 Å². The van der Waals surface area contributed by atoms with Gasteiger partial charge in [0.15, 0.2) is 5.13 Å². The molecule has 2 N–H and O–H groups in total. The Morgan fingerprint density at radius 1 is 1.07 bits per heavy atom. The SMILES string of the molecule is COc1cc(OC)cc(C(=O)Nc2nc(CC(=O)N[C@H](C)c3ccccc3)cs2)c1. The minimum Gasteiger partial charge on any atom is -0.497 e. The molecule has 0 unspecified atom stereocenters. The van der Waals surface area contributed by atoms with Crippen LogP contribution in [0.3, 0.4) is 0 Å². The minimum absolute atomic E-state index is 0.0976. The molecule has 3 rings (SSSR count). The van der Waals surface area contributed by atoms with E-state index in [0.717, 1.165) is 5.56 Å². The van der Waals surface area contributed by atoms with Gasteiger partial charge in [0, 0.05) is 17.0 Å². The number of carbonyl (C=O) groups excluding carboxylic acids is 2. The third kappa shape index (κ3) is 5.57. The standard InChI is InChI=1S/C22H23N3O4S/c1-14(15-7-5-4-6-8-15)23-20(26)11-17-13-30-22(24-17)25-21(27)16-9-18(28-2)12-19(10-16)29-3/h4-10,12-14H,11H2,1-3H3,(H,23,26)(H,24,25,27)/t14-/m1/s1. The van der Waals surface area contributed by atoms with E-state index >= 15 is 0 Å². The van der Waals surface area contributed by atoms with Crippen molar-refractivity contribution in [2.45, 2.75) is 19.4 Å². The number of carbonyl (C=O) groups is 2. The zero-order valence-electron chi connectivity index (χ0n) is 17.0. The largest absolute Gasteiger partial charge is 0.497 e. The second kappa shape index (κ2) is 9.89. The Balaban J connectivity index is 1.59. The first-order chi connectivity index (χ1) is 14.5. The number of anilines is 1. The van der Waals surface area contributed by atoms with Crippen molar-refractivity contribution in [3.63, 3.8) is 0 Å². The monoisotopic (exact) mass is 425 g/mol. The van der Waals surface area contributed by atoms with E-state index in [-0.39, 0.29) is 24.3 Å². The van der Waals surface area contributed by atoms with Crippen LogP contribution < -0.4 is 20.1 Å². The van der Waals surface area contributed by atoms with Gasteiger partial charge in [-0.05, 0) is 24.6 Å². The zero-order valence-corrected chi connectivity index (χ0v) is 17.8. The summed E-state index contributed by atoms with van der Waals surface area (Å²) in [4.78, 5) is 29.2. The summed E-state index contributed by atoms with van der Waals surface area (Å²) in [5.74, 6) is 0.564. The number of ether oxygens (including phenoxy) is 2. The molecule has 3 aromatic rings. The summed E-state index contributed by atoms with van der Waals surface area (Å²) in [6.45, 7) is 1.93.